The monoisotopic (exact) mass is 440 g/mol. The zero-order valence-electron chi connectivity index (χ0n) is 17.3. The molecule has 160 valence electrons. The number of hydrogen-bond acceptors (Lipinski definition) is 4. The van der Waals surface area contributed by atoms with Gasteiger partial charge in [0.05, 0.1) is 21.5 Å². The number of carbonyl (C=O) groups excluding carboxylic acids is 1. The van der Waals surface area contributed by atoms with Gasteiger partial charge < -0.3 is 9.88 Å². The van der Waals surface area contributed by atoms with Crippen LogP contribution in [0.1, 0.15) is 21.7 Å². The summed E-state index contributed by atoms with van der Waals surface area (Å²) in [5, 5.41) is 7.60. The van der Waals surface area contributed by atoms with Crippen LogP contribution in [0.15, 0.2) is 64.5 Å². The van der Waals surface area contributed by atoms with Gasteiger partial charge in [0.25, 0.3) is 5.91 Å². The van der Waals surface area contributed by atoms with E-state index in [2.05, 4.69) is 10.4 Å². The number of aromatic nitrogens is 3. The molecule has 0 aliphatic carbocycles. The third-order valence-corrected chi connectivity index (χ3v) is 7.33. The number of nitrogens with one attached hydrogen (secondary N) is 1. The maximum atomic E-state index is 14.4. The van der Waals surface area contributed by atoms with Crippen LogP contribution in [0.25, 0.3) is 10.9 Å². The first-order valence-corrected chi connectivity index (χ1v) is 11.0. The van der Waals surface area contributed by atoms with Crippen molar-refractivity contribution in [3.63, 3.8) is 0 Å². The minimum absolute atomic E-state index is 0.0614. The molecule has 4 rings (SSSR count). The summed E-state index contributed by atoms with van der Waals surface area (Å²) in [4.78, 5) is 13.1. The highest BCUT2D eigenvalue weighted by Crippen LogP contribution is 2.27. The summed E-state index contributed by atoms with van der Waals surface area (Å²) in [5.74, 6) is -0.953. The van der Waals surface area contributed by atoms with E-state index in [0.29, 0.717) is 16.8 Å². The molecular formula is C22H21FN4O3S. The maximum Gasteiger partial charge on any atom is 0.268 e. The molecule has 0 saturated heterocycles. The molecule has 0 aliphatic rings. The SMILES string of the molecule is Cc1c(S(=O)(=O)c2ccccc2)cc(C(=O)NCc2c(F)ccc3cnn(C)c23)n1C. The second kappa shape index (κ2) is 7.66. The second-order valence-electron chi connectivity index (χ2n) is 7.27. The fraction of sp³-hybridized carbons (Fsp3) is 0.182. The predicted molar refractivity (Wildman–Crippen MR) is 114 cm³/mol. The Kier molecular flexibility index (Phi) is 5.14. The third-order valence-electron chi connectivity index (χ3n) is 5.44. The number of rotatable bonds is 5. The first kappa shape index (κ1) is 20.8. The average molecular weight is 441 g/mol. The van der Waals surface area contributed by atoms with Gasteiger partial charge in [-0.25, -0.2) is 12.8 Å². The smallest absolute Gasteiger partial charge is 0.268 e. The zero-order chi connectivity index (χ0) is 22.3. The molecule has 2 aromatic heterocycles. The molecule has 4 aromatic rings. The van der Waals surface area contributed by atoms with E-state index in [0.717, 1.165) is 5.39 Å². The quantitative estimate of drug-likeness (QED) is 0.517. The van der Waals surface area contributed by atoms with E-state index in [4.69, 9.17) is 0 Å². The van der Waals surface area contributed by atoms with Crippen molar-refractivity contribution < 1.29 is 17.6 Å². The van der Waals surface area contributed by atoms with E-state index in [1.165, 1.54) is 28.8 Å². The lowest BCUT2D eigenvalue weighted by Crippen LogP contribution is -2.25. The fourth-order valence-electron chi connectivity index (χ4n) is 3.64. The van der Waals surface area contributed by atoms with Crippen LogP contribution in [0.3, 0.4) is 0 Å². The summed E-state index contributed by atoms with van der Waals surface area (Å²) >= 11 is 0. The standard InChI is InChI=1S/C22H21FN4O3S/c1-14-20(31(29,30)16-7-5-4-6-8-16)11-19(26(14)2)22(28)24-13-17-18(23)10-9-15-12-25-27(3)21(15)17/h4-12H,13H2,1-3H3,(H,24,28). The van der Waals surface area contributed by atoms with Crippen LogP contribution in [-0.4, -0.2) is 28.7 Å². The summed E-state index contributed by atoms with van der Waals surface area (Å²) in [7, 11) is -0.454. The van der Waals surface area contributed by atoms with Crippen molar-refractivity contribution in [3.8, 4) is 0 Å². The highest BCUT2D eigenvalue weighted by Gasteiger charge is 2.26. The van der Waals surface area contributed by atoms with E-state index in [9.17, 15) is 17.6 Å². The molecule has 0 spiro atoms. The molecule has 0 bridgehead atoms. The molecule has 2 aromatic carbocycles. The van der Waals surface area contributed by atoms with Crippen LogP contribution in [0, 0.1) is 12.7 Å². The van der Waals surface area contributed by atoms with Gasteiger partial charge in [0.2, 0.25) is 9.84 Å². The molecule has 0 unspecified atom stereocenters. The molecule has 0 aliphatic heterocycles. The lowest BCUT2D eigenvalue weighted by Gasteiger charge is -2.10. The first-order valence-electron chi connectivity index (χ1n) is 9.55. The number of carbonyl (C=O) groups is 1. The van der Waals surface area contributed by atoms with E-state index >= 15 is 0 Å². The lowest BCUT2D eigenvalue weighted by molar-refractivity contribution is 0.0942. The molecular weight excluding hydrogens is 419 g/mol. The van der Waals surface area contributed by atoms with Crippen molar-refractivity contribution in [1.29, 1.82) is 0 Å². The van der Waals surface area contributed by atoms with Crippen molar-refractivity contribution in [1.82, 2.24) is 19.7 Å². The minimum atomic E-state index is -3.78. The number of halogens is 1. The van der Waals surface area contributed by atoms with Crippen LogP contribution in [-0.2, 0) is 30.5 Å². The van der Waals surface area contributed by atoms with Crippen molar-refractivity contribution in [2.45, 2.75) is 23.3 Å². The van der Waals surface area contributed by atoms with Gasteiger partial charge in [-0.15, -0.1) is 0 Å². The van der Waals surface area contributed by atoms with Crippen LogP contribution in [0.5, 0.6) is 0 Å². The number of sulfone groups is 1. The summed E-state index contributed by atoms with van der Waals surface area (Å²) in [6, 6.07) is 12.4. The van der Waals surface area contributed by atoms with Gasteiger partial charge >= 0.3 is 0 Å². The Morgan fingerprint density at radius 2 is 1.84 bits per heavy atom. The van der Waals surface area contributed by atoms with Crippen LogP contribution >= 0.6 is 0 Å². The van der Waals surface area contributed by atoms with Crippen molar-refractivity contribution in [3.05, 3.63) is 77.5 Å². The fourth-order valence-corrected chi connectivity index (χ4v) is 5.20. The highest BCUT2D eigenvalue weighted by molar-refractivity contribution is 7.91. The average Bonchev–Trinajstić information content (AvgIpc) is 3.28. The lowest BCUT2D eigenvalue weighted by atomic mass is 10.1. The van der Waals surface area contributed by atoms with E-state index in [-0.39, 0.29) is 22.0 Å². The number of fused-ring (bicyclic) bond motifs is 1. The molecule has 7 nitrogen and oxygen atoms in total. The summed E-state index contributed by atoms with van der Waals surface area (Å²) in [6.07, 6.45) is 1.63. The summed E-state index contributed by atoms with van der Waals surface area (Å²) < 4.78 is 43.6. The van der Waals surface area contributed by atoms with Crippen molar-refractivity contribution >= 4 is 26.6 Å². The van der Waals surface area contributed by atoms with Crippen molar-refractivity contribution in [2.24, 2.45) is 14.1 Å². The minimum Gasteiger partial charge on any atom is -0.346 e. The molecule has 2 heterocycles. The van der Waals surface area contributed by atoms with Crippen LogP contribution < -0.4 is 5.32 Å². The molecule has 1 amide bonds. The molecule has 9 heteroatoms. The van der Waals surface area contributed by atoms with Crippen LogP contribution in [0.4, 0.5) is 4.39 Å². The Balaban J connectivity index is 1.65. The second-order valence-corrected chi connectivity index (χ2v) is 9.19. The molecule has 0 radical (unpaired) electrons. The Morgan fingerprint density at radius 1 is 1.13 bits per heavy atom. The van der Waals surface area contributed by atoms with E-state index in [1.807, 2.05) is 0 Å². The first-order chi connectivity index (χ1) is 14.7. The van der Waals surface area contributed by atoms with Gasteiger partial charge in [-0.1, -0.05) is 18.2 Å². The summed E-state index contributed by atoms with van der Waals surface area (Å²) in [5.41, 5.74) is 1.52. The molecule has 0 saturated carbocycles. The van der Waals surface area contributed by atoms with Crippen LogP contribution in [0.2, 0.25) is 0 Å². The Morgan fingerprint density at radius 3 is 2.55 bits per heavy atom. The van der Waals surface area contributed by atoms with Gasteiger partial charge in [0.1, 0.15) is 11.5 Å². The van der Waals surface area contributed by atoms with E-state index < -0.39 is 21.6 Å². The molecule has 0 atom stereocenters. The number of amides is 1. The van der Waals surface area contributed by atoms with E-state index in [1.54, 1.807) is 56.2 Å². The van der Waals surface area contributed by atoms with Gasteiger partial charge in [-0.05, 0) is 37.3 Å². The number of aryl methyl sites for hydroxylation is 1. The third kappa shape index (κ3) is 3.50. The maximum absolute atomic E-state index is 14.4. The Bertz CT molecular complexity index is 1410. The van der Waals surface area contributed by atoms with Gasteiger partial charge in [0.15, 0.2) is 0 Å². The molecule has 1 N–H and O–H groups in total. The summed E-state index contributed by atoms with van der Waals surface area (Å²) in [6.45, 7) is 1.58. The number of hydrogen-bond donors (Lipinski definition) is 1. The highest BCUT2D eigenvalue weighted by atomic mass is 32.2. The normalized spacial score (nSPS) is 11.7. The number of benzene rings is 2. The van der Waals surface area contributed by atoms with Gasteiger partial charge in [-0.2, -0.15) is 5.10 Å². The zero-order valence-corrected chi connectivity index (χ0v) is 18.1. The Hall–Kier alpha value is -3.46. The molecule has 31 heavy (non-hydrogen) atoms. The van der Waals surface area contributed by atoms with Gasteiger partial charge in [-0.3, -0.25) is 9.48 Å². The molecule has 0 fully saturated rings. The van der Waals surface area contributed by atoms with Gasteiger partial charge in [0, 0.05) is 37.3 Å². The van der Waals surface area contributed by atoms with Crippen molar-refractivity contribution in [2.75, 3.05) is 0 Å². The largest absolute Gasteiger partial charge is 0.346 e. The topological polar surface area (TPSA) is 86.0 Å². The Labute approximate surface area is 179 Å². The predicted octanol–water partition coefficient (Wildman–Crippen LogP) is 3.12. The number of nitrogens with zero attached hydrogens (tertiary/aromatic N) is 3.